The van der Waals surface area contributed by atoms with E-state index in [1.165, 1.54) is 6.07 Å². The molecule has 0 heterocycles. The maximum atomic E-state index is 13.9. The number of methoxy groups -OCH3 is 1. The highest BCUT2D eigenvalue weighted by Crippen LogP contribution is 2.25. The average molecular weight is 295 g/mol. The van der Waals surface area contributed by atoms with E-state index in [1.54, 1.807) is 13.2 Å². The van der Waals surface area contributed by atoms with Crippen molar-refractivity contribution < 1.29 is 13.9 Å². The van der Waals surface area contributed by atoms with Gasteiger partial charge >= 0.3 is 0 Å². The molecule has 3 unspecified atom stereocenters. The van der Waals surface area contributed by atoms with Crippen molar-refractivity contribution in [3.63, 3.8) is 0 Å². The lowest BCUT2D eigenvalue weighted by Gasteiger charge is -2.30. The summed E-state index contributed by atoms with van der Waals surface area (Å²) in [5.41, 5.74) is 0.679. The van der Waals surface area contributed by atoms with E-state index in [9.17, 15) is 4.39 Å². The molecule has 1 fully saturated rings. The smallest absolute Gasteiger partial charge is 0.128 e. The van der Waals surface area contributed by atoms with E-state index in [1.807, 2.05) is 19.1 Å². The predicted octanol–water partition coefficient (Wildman–Crippen LogP) is 3.45. The number of benzene rings is 1. The van der Waals surface area contributed by atoms with E-state index >= 15 is 0 Å². The van der Waals surface area contributed by atoms with Gasteiger partial charge in [-0.1, -0.05) is 25.1 Å². The quantitative estimate of drug-likeness (QED) is 0.836. The summed E-state index contributed by atoms with van der Waals surface area (Å²) in [5, 5.41) is 3.31. The second-order valence-electron chi connectivity index (χ2n) is 5.61. The molecule has 0 amide bonds. The monoisotopic (exact) mass is 295 g/mol. The van der Waals surface area contributed by atoms with Gasteiger partial charge in [-0.2, -0.15) is 0 Å². The van der Waals surface area contributed by atoms with Crippen LogP contribution in [0.1, 0.15) is 44.2 Å². The van der Waals surface area contributed by atoms with E-state index in [-0.39, 0.29) is 18.0 Å². The Morgan fingerprint density at radius 3 is 2.76 bits per heavy atom. The fourth-order valence-electron chi connectivity index (χ4n) is 2.96. The molecule has 1 N–H and O–H groups in total. The van der Waals surface area contributed by atoms with Gasteiger partial charge in [0.25, 0.3) is 0 Å². The van der Waals surface area contributed by atoms with Crippen molar-refractivity contribution in [2.24, 2.45) is 0 Å². The van der Waals surface area contributed by atoms with Crippen molar-refractivity contribution in [3.05, 3.63) is 35.6 Å². The largest absolute Gasteiger partial charge is 0.381 e. The van der Waals surface area contributed by atoms with Gasteiger partial charge in [0.05, 0.1) is 24.9 Å². The summed E-state index contributed by atoms with van der Waals surface area (Å²) in [5.74, 6) is -0.175. The normalized spacial score (nSPS) is 24.0. The second kappa shape index (κ2) is 8.47. The van der Waals surface area contributed by atoms with Gasteiger partial charge in [-0.25, -0.2) is 4.39 Å². The molecule has 0 aliphatic heterocycles. The van der Waals surface area contributed by atoms with Crippen LogP contribution < -0.4 is 5.32 Å². The number of hydrogen-bond acceptors (Lipinski definition) is 3. The van der Waals surface area contributed by atoms with Gasteiger partial charge in [-0.3, -0.25) is 0 Å². The molecule has 1 aromatic rings. The molecular weight excluding hydrogens is 269 g/mol. The van der Waals surface area contributed by atoms with Crippen LogP contribution in [-0.4, -0.2) is 32.5 Å². The third kappa shape index (κ3) is 4.77. The van der Waals surface area contributed by atoms with E-state index < -0.39 is 0 Å². The minimum atomic E-state index is -0.175. The Balaban J connectivity index is 1.92. The van der Waals surface area contributed by atoms with Crippen LogP contribution in [0.15, 0.2) is 24.3 Å². The van der Waals surface area contributed by atoms with Gasteiger partial charge < -0.3 is 14.8 Å². The summed E-state index contributed by atoms with van der Waals surface area (Å²) in [4.78, 5) is 0. The van der Waals surface area contributed by atoms with Crippen molar-refractivity contribution >= 4 is 0 Å². The van der Waals surface area contributed by atoms with Crippen LogP contribution in [0.4, 0.5) is 4.39 Å². The average Bonchev–Trinajstić information content (AvgIpc) is 2.52. The van der Waals surface area contributed by atoms with Gasteiger partial charge in [-0.15, -0.1) is 0 Å². The molecule has 0 bridgehead atoms. The highest BCUT2D eigenvalue weighted by atomic mass is 19.1. The van der Waals surface area contributed by atoms with Gasteiger partial charge in [-0.05, 0) is 38.3 Å². The molecule has 1 aromatic carbocycles. The lowest BCUT2D eigenvalue weighted by atomic mass is 9.95. The number of rotatable bonds is 7. The first kappa shape index (κ1) is 16.4. The molecule has 2 rings (SSSR count). The lowest BCUT2D eigenvalue weighted by molar-refractivity contribution is -0.0358. The van der Waals surface area contributed by atoms with Crippen LogP contribution in [0, 0.1) is 5.82 Å². The fraction of sp³-hybridized carbons (Fsp3) is 0.647. The van der Waals surface area contributed by atoms with Crippen molar-refractivity contribution in [3.8, 4) is 0 Å². The number of halogens is 1. The molecule has 3 nitrogen and oxygen atoms in total. The number of nitrogens with one attached hydrogen (secondary N) is 1. The maximum absolute atomic E-state index is 13.9. The zero-order valence-corrected chi connectivity index (χ0v) is 13.0. The third-order valence-corrected chi connectivity index (χ3v) is 4.14. The summed E-state index contributed by atoms with van der Waals surface area (Å²) in [6, 6.07) is 6.81. The standard InChI is InChI=1S/C17H26FNO2/c1-3-19-17(15-9-4-5-10-16(15)18)12-21-14-8-6-7-13(11-14)20-2/h4-5,9-10,13-14,17,19H,3,6-8,11-12H2,1-2H3. The van der Waals surface area contributed by atoms with Crippen molar-refractivity contribution in [2.45, 2.75) is 50.9 Å². The summed E-state index contributed by atoms with van der Waals surface area (Å²) in [6.45, 7) is 3.30. The minimum Gasteiger partial charge on any atom is -0.381 e. The summed E-state index contributed by atoms with van der Waals surface area (Å²) in [6.07, 6.45) is 4.77. The van der Waals surface area contributed by atoms with Crippen LogP contribution in [0.5, 0.6) is 0 Å². The van der Waals surface area contributed by atoms with Crippen LogP contribution in [0.3, 0.4) is 0 Å². The SMILES string of the molecule is CCNC(COC1CCCC(OC)C1)c1ccccc1F. The zero-order chi connectivity index (χ0) is 15.1. The third-order valence-electron chi connectivity index (χ3n) is 4.14. The number of likely N-dealkylation sites (N-methyl/N-ethyl adjacent to an activating group) is 1. The number of ether oxygens (including phenoxy) is 2. The lowest BCUT2D eigenvalue weighted by Crippen LogP contribution is -2.32. The molecular formula is C17H26FNO2. The minimum absolute atomic E-state index is 0.0980. The van der Waals surface area contributed by atoms with Crippen molar-refractivity contribution in [2.75, 3.05) is 20.3 Å². The Kier molecular flexibility index (Phi) is 6.61. The van der Waals surface area contributed by atoms with Gasteiger partial charge in [0.15, 0.2) is 0 Å². The highest BCUT2D eigenvalue weighted by molar-refractivity contribution is 5.21. The molecule has 1 aliphatic rings. The van der Waals surface area contributed by atoms with E-state index in [4.69, 9.17) is 9.47 Å². The molecule has 0 saturated heterocycles. The van der Waals surface area contributed by atoms with Gasteiger partial charge in [0, 0.05) is 12.7 Å². The molecule has 0 aromatic heterocycles. The van der Waals surface area contributed by atoms with Gasteiger partial charge in [0.1, 0.15) is 5.82 Å². The van der Waals surface area contributed by atoms with Crippen LogP contribution in [0.2, 0.25) is 0 Å². The maximum Gasteiger partial charge on any atom is 0.128 e. The van der Waals surface area contributed by atoms with E-state index in [0.29, 0.717) is 18.3 Å². The summed E-state index contributed by atoms with van der Waals surface area (Å²) in [7, 11) is 1.76. The van der Waals surface area contributed by atoms with E-state index in [2.05, 4.69) is 5.32 Å². The Morgan fingerprint density at radius 2 is 2.05 bits per heavy atom. The molecule has 4 heteroatoms. The summed E-state index contributed by atoms with van der Waals surface area (Å²) >= 11 is 0. The Bertz CT molecular complexity index is 427. The first-order valence-electron chi connectivity index (χ1n) is 7.86. The molecule has 1 saturated carbocycles. The molecule has 21 heavy (non-hydrogen) atoms. The van der Waals surface area contributed by atoms with Crippen LogP contribution in [-0.2, 0) is 9.47 Å². The molecule has 0 radical (unpaired) electrons. The van der Waals surface area contributed by atoms with Crippen molar-refractivity contribution in [1.29, 1.82) is 0 Å². The molecule has 118 valence electrons. The molecule has 3 atom stereocenters. The molecule has 0 spiro atoms. The Morgan fingerprint density at radius 1 is 1.29 bits per heavy atom. The first-order chi connectivity index (χ1) is 10.2. The topological polar surface area (TPSA) is 30.5 Å². The first-order valence-corrected chi connectivity index (χ1v) is 7.86. The van der Waals surface area contributed by atoms with Gasteiger partial charge in [0.2, 0.25) is 0 Å². The van der Waals surface area contributed by atoms with Crippen LogP contribution >= 0.6 is 0 Å². The van der Waals surface area contributed by atoms with Crippen molar-refractivity contribution in [1.82, 2.24) is 5.32 Å². The second-order valence-corrected chi connectivity index (χ2v) is 5.61. The predicted molar refractivity (Wildman–Crippen MR) is 81.8 cm³/mol. The van der Waals surface area contributed by atoms with E-state index in [0.717, 1.165) is 32.2 Å². The van der Waals surface area contributed by atoms with Crippen LogP contribution in [0.25, 0.3) is 0 Å². The Hall–Kier alpha value is -0.970. The summed E-state index contributed by atoms with van der Waals surface area (Å²) < 4.78 is 25.4. The zero-order valence-electron chi connectivity index (χ0n) is 13.0. The Labute approximate surface area is 126 Å². The fourth-order valence-corrected chi connectivity index (χ4v) is 2.96. The molecule has 1 aliphatic carbocycles. The highest BCUT2D eigenvalue weighted by Gasteiger charge is 2.24. The number of hydrogen-bond donors (Lipinski definition) is 1.